The smallest absolute Gasteiger partial charge is 0.304 e. The van der Waals surface area contributed by atoms with Crippen LogP contribution in [-0.4, -0.2) is 24.0 Å². The lowest BCUT2D eigenvalue weighted by Crippen LogP contribution is -2.56. The van der Waals surface area contributed by atoms with Gasteiger partial charge in [-0.1, -0.05) is 18.2 Å². The van der Waals surface area contributed by atoms with Gasteiger partial charge in [0.25, 0.3) is 0 Å². The summed E-state index contributed by atoms with van der Waals surface area (Å²) in [5.41, 5.74) is 1.10. The van der Waals surface area contributed by atoms with Crippen LogP contribution in [-0.2, 0) is 10.3 Å². The van der Waals surface area contributed by atoms with E-state index in [0.29, 0.717) is 6.07 Å². The Morgan fingerprint density at radius 2 is 1.79 bits per heavy atom. The SMILES string of the molecule is [C-]#[N+]c1cccc(-c2cc([C@@]3(C)N=C(N)COC(C)(C)C3(F)F)c(F)cc2F)c1. The highest BCUT2D eigenvalue weighted by Crippen LogP contribution is 2.51. The number of hydrogen-bond donors (Lipinski definition) is 1. The predicted molar refractivity (Wildman–Crippen MR) is 102 cm³/mol. The van der Waals surface area contributed by atoms with Crippen LogP contribution < -0.4 is 5.73 Å². The van der Waals surface area contributed by atoms with Crippen molar-refractivity contribution in [3.8, 4) is 11.1 Å². The maximum absolute atomic E-state index is 15.5. The van der Waals surface area contributed by atoms with Crippen molar-refractivity contribution in [2.24, 2.45) is 10.7 Å². The van der Waals surface area contributed by atoms with Gasteiger partial charge in [0.15, 0.2) is 11.2 Å². The lowest BCUT2D eigenvalue weighted by atomic mass is 9.77. The van der Waals surface area contributed by atoms with Crippen molar-refractivity contribution < 1.29 is 22.3 Å². The Labute approximate surface area is 165 Å². The fourth-order valence-electron chi connectivity index (χ4n) is 3.44. The van der Waals surface area contributed by atoms with Crippen LogP contribution in [0.15, 0.2) is 41.4 Å². The van der Waals surface area contributed by atoms with Crippen molar-refractivity contribution in [1.82, 2.24) is 0 Å². The van der Waals surface area contributed by atoms with Gasteiger partial charge < -0.3 is 10.5 Å². The van der Waals surface area contributed by atoms with E-state index in [9.17, 15) is 8.78 Å². The average molecular weight is 405 g/mol. The van der Waals surface area contributed by atoms with Crippen molar-refractivity contribution >= 4 is 11.5 Å². The maximum Gasteiger partial charge on any atom is 0.304 e. The monoisotopic (exact) mass is 405 g/mol. The van der Waals surface area contributed by atoms with Gasteiger partial charge in [-0.05, 0) is 38.5 Å². The molecule has 4 nitrogen and oxygen atoms in total. The molecule has 8 heteroatoms. The Balaban J connectivity index is 2.29. The second-order valence-electron chi connectivity index (χ2n) is 7.52. The van der Waals surface area contributed by atoms with Crippen LogP contribution in [0.1, 0.15) is 26.3 Å². The van der Waals surface area contributed by atoms with Crippen LogP contribution >= 0.6 is 0 Å². The van der Waals surface area contributed by atoms with Gasteiger partial charge in [-0.2, -0.15) is 0 Å². The van der Waals surface area contributed by atoms with Gasteiger partial charge in [-0.3, -0.25) is 4.99 Å². The van der Waals surface area contributed by atoms with Gasteiger partial charge in [0, 0.05) is 17.2 Å². The van der Waals surface area contributed by atoms with E-state index in [4.69, 9.17) is 17.0 Å². The van der Waals surface area contributed by atoms with Crippen molar-refractivity contribution in [3.05, 3.63) is 65.0 Å². The predicted octanol–water partition coefficient (Wildman–Crippen LogP) is 5.20. The molecule has 0 fully saturated rings. The van der Waals surface area contributed by atoms with Gasteiger partial charge in [0.05, 0.1) is 6.57 Å². The molecule has 0 radical (unpaired) electrons. The minimum absolute atomic E-state index is 0.124. The van der Waals surface area contributed by atoms with E-state index >= 15 is 8.78 Å². The third-order valence-electron chi connectivity index (χ3n) is 5.18. The Morgan fingerprint density at radius 1 is 1.10 bits per heavy atom. The normalized spacial score (nSPS) is 23.0. The molecule has 0 bridgehead atoms. The summed E-state index contributed by atoms with van der Waals surface area (Å²) in [7, 11) is 0. The summed E-state index contributed by atoms with van der Waals surface area (Å²) in [6.07, 6.45) is 0. The van der Waals surface area contributed by atoms with Crippen molar-refractivity contribution in [1.29, 1.82) is 0 Å². The van der Waals surface area contributed by atoms with Gasteiger partial charge in [-0.15, -0.1) is 0 Å². The van der Waals surface area contributed by atoms with Crippen LogP contribution in [0.3, 0.4) is 0 Å². The Bertz CT molecular complexity index is 1040. The Kier molecular flexibility index (Phi) is 4.91. The summed E-state index contributed by atoms with van der Waals surface area (Å²) >= 11 is 0. The highest BCUT2D eigenvalue weighted by Gasteiger charge is 2.64. The number of nitrogens with zero attached hydrogens (tertiary/aromatic N) is 2. The lowest BCUT2D eigenvalue weighted by molar-refractivity contribution is -0.214. The van der Waals surface area contributed by atoms with E-state index in [2.05, 4.69) is 9.84 Å². The molecular formula is C21H19F4N3O. The number of hydrogen-bond acceptors (Lipinski definition) is 3. The number of benzene rings is 2. The van der Waals surface area contributed by atoms with E-state index < -0.39 is 34.3 Å². The van der Waals surface area contributed by atoms with E-state index in [-0.39, 0.29) is 29.3 Å². The van der Waals surface area contributed by atoms with E-state index in [0.717, 1.165) is 13.0 Å². The molecule has 0 spiro atoms. The molecule has 0 aromatic heterocycles. The van der Waals surface area contributed by atoms with Crippen LogP contribution in [0, 0.1) is 18.2 Å². The van der Waals surface area contributed by atoms with Crippen molar-refractivity contribution in [2.75, 3.05) is 6.61 Å². The summed E-state index contributed by atoms with van der Waals surface area (Å²) < 4.78 is 65.6. The van der Waals surface area contributed by atoms with Crippen LogP contribution in [0.4, 0.5) is 23.2 Å². The number of amidine groups is 1. The van der Waals surface area contributed by atoms with Crippen LogP contribution in [0.2, 0.25) is 0 Å². The number of nitrogens with two attached hydrogens (primary N) is 1. The van der Waals surface area contributed by atoms with Gasteiger partial charge in [0.1, 0.15) is 29.7 Å². The molecule has 2 aromatic carbocycles. The van der Waals surface area contributed by atoms with Crippen LogP contribution in [0.5, 0.6) is 0 Å². The van der Waals surface area contributed by atoms with Crippen molar-refractivity contribution in [3.63, 3.8) is 0 Å². The molecule has 29 heavy (non-hydrogen) atoms. The summed E-state index contributed by atoms with van der Waals surface area (Å²) in [5.74, 6) is -6.03. The zero-order chi connectivity index (χ0) is 21.6. The molecule has 0 saturated heterocycles. The third-order valence-corrected chi connectivity index (χ3v) is 5.18. The maximum atomic E-state index is 15.5. The molecule has 0 unspecified atom stereocenters. The molecule has 1 aliphatic rings. The van der Waals surface area contributed by atoms with E-state index in [1.807, 2.05) is 0 Å². The topological polar surface area (TPSA) is 52.0 Å². The van der Waals surface area contributed by atoms with Gasteiger partial charge in [0.2, 0.25) is 0 Å². The standard InChI is InChI=1S/C21H19F4N3O/c1-19(2)21(24,25)20(3,28-18(26)11-29-19)15-9-14(16(22)10-17(15)23)12-6-5-7-13(8-12)27-4/h5-10H,11H2,1-3H3,(H2,26,28)/t20-/m1/s1. The molecule has 152 valence electrons. The fourth-order valence-corrected chi connectivity index (χ4v) is 3.44. The number of rotatable bonds is 2. The highest BCUT2D eigenvalue weighted by molar-refractivity contribution is 5.82. The largest absolute Gasteiger partial charge is 0.385 e. The van der Waals surface area contributed by atoms with Gasteiger partial charge >= 0.3 is 5.92 Å². The first-order valence-corrected chi connectivity index (χ1v) is 8.76. The Morgan fingerprint density at radius 3 is 2.45 bits per heavy atom. The summed E-state index contributed by atoms with van der Waals surface area (Å²) in [6, 6.07) is 7.49. The molecule has 1 aliphatic heterocycles. The number of aliphatic imine (C=N–C) groups is 1. The molecule has 3 rings (SSSR count). The molecule has 0 aliphatic carbocycles. The van der Waals surface area contributed by atoms with Gasteiger partial charge in [-0.25, -0.2) is 22.4 Å². The minimum atomic E-state index is -3.69. The molecule has 0 saturated carbocycles. The first-order chi connectivity index (χ1) is 13.4. The number of alkyl halides is 2. The quantitative estimate of drug-likeness (QED) is 0.552. The number of ether oxygens (including phenoxy) is 1. The second kappa shape index (κ2) is 6.85. The van der Waals surface area contributed by atoms with Crippen molar-refractivity contribution in [2.45, 2.75) is 37.8 Å². The zero-order valence-electron chi connectivity index (χ0n) is 16.1. The summed E-state index contributed by atoms with van der Waals surface area (Å²) in [6.45, 7) is 10.1. The number of halogens is 4. The van der Waals surface area contributed by atoms with E-state index in [1.54, 1.807) is 0 Å². The molecule has 1 heterocycles. The summed E-state index contributed by atoms with van der Waals surface area (Å²) in [4.78, 5) is 7.17. The average Bonchev–Trinajstić information content (AvgIpc) is 2.71. The summed E-state index contributed by atoms with van der Waals surface area (Å²) in [5, 5.41) is 0. The first kappa shape index (κ1) is 20.8. The minimum Gasteiger partial charge on any atom is -0.385 e. The first-order valence-electron chi connectivity index (χ1n) is 8.76. The fraction of sp³-hybridized carbons (Fsp3) is 0.333. The highest BCUT2D eigenvalue weighted by atomic mass is 19.3. The van der Waals surface area contributed by atoms with Crippen LogP contribution in [0.25, 0.3) is 16.0 Å². The molecular weight excluding hydrogens is 386 g/mol. The Hall–Kier alpha value is -2.92. The van der Waals surface area contributed by atoms with E-state index in [1.165, 1.54) is 38.1 Å². The third kappa shape index (κ3) is 3.25. The zero-order valence-corrected chi connectivity index (χ0v) is 16.1. The second-order valence-corrected chi connectivity index (χ2v) is 7.52. The molecule has 0 amide bonds. The molecule has 1 atom stereocenters. The molecule has 2 N–H and O–H groups in total. The molecule has 2 aromatic rings. The lowest BCUT2D eigenvalue weighted by Gasteiger charge is -2.42.